The quantitative estimate of drug-likeness (QED) is 0.509. The summed E-state index contributed by atoms with van der Waals surface area (Å²) >= 11 is 0. The number of hydrogen-bond acceptors (Lipinski definition) is 3. The number of urea groups is 1. The van der Waals surface area contributed by atoms with E-state index in [9.17, 15) is 10.0 Å². The predicted molar refractivity (Wildman–Crippen MR) is 85.0 cm³/mol. The third-order valence-electron chi connectivity index (χ3n) is 3.53. The fourth-order valence-corrected chi connectivity index (χ4v) is 2.60. The first-order valence-electron chi connectivity index (χ1n) is 7.34. The summed E-state index contributed by atoms with van der Waals surface area (Å²) in [7, 11) is 5.41. The van der Waals surface area contributed by atoms with Gasteiger partial charge in [-0.05, 0) is 12.1 Å². The molecule has 6 nitrogen and oxygen atoms in total. The molecule has 0 aliphatic carbocycles. The molecule has 2 N–H and O–H groups in total. The van der Waals surface area contributed by atoms with Crippen molar-refractivity contribution >= 4 is 6.03 Å². The maximum atomic E-state index is 12.4. The number of rotatable bonds is 2. The van der Waals surface area contributed by atoms with E-state index in [1.54, 1.807) is 21.1 Å². The second-order valence-electron chi connectivity index (χ2n) is 6.35. The van der Waals surface area contributed by atoms with E-state index in [2.05, 4.69) is 5.43 Å². The molecule has 0 spiro atoms. The fraction of sp³-hybridized carbons (Fsp3) is 0.235. The monoisotopic (exact) mass is 314 g/mol. The summed E-state index contributed by atoms with van der Waals surface area (Å²) in [6, 6.07) is 13.6. The minimum atomic E-state index is -0.623. The number of carbonyl (C=O) groups excluding carboxylic acids is 1. The molecule has 0 fully saturated rings. The highest BCUT2D eigenvalue weighted by Crippen LogP contribution is 2.44. The van der Waals surface area contributed by atoms with Crippen LogP contribution in [0.3, 0.4) is 0 Å². The molecule has 3 rings (SSSR count). The lowest BCUT2D eigenvalue weighted by Gasteiger charge is -2.34. The number of benzene rings is 2. The molecule has 1 heterocycles. The van der Waals surface area contributed by atoms with Gasteiger partial charge in [0.05, 0.1) is 21.1 Å². The number of quaternary nitrogens is 1. The molecule has 0 aromatic heterocycles. The van der Waals surface area contributed by atoms with Crippen LogP contribution in [0.15, 0.2) is 48.5 Å². The topological polar surface area (TPSA) is 61.8 Å². The standard InChI is InChI=1S/C17H19N3O3/c1-20(2,3)18-17(21)19(22)16-12-8-4-6-10-14(12)23-15-11-7-5-9-13(15)16/h4-11,16,22H,1-3H3/p+1. The van der Waals surface area contributed by atoms with E-state index in [-0.39, 0.29) is 4.59 Å². The molecule has 23 heavy (non-hydrogen) atoms. The Hall–Kier alpha value is -2.57. The molecule has 2 amide bonds. The van der Waals surface area contributed by atoms with Crippen molar-refractivity contribution in [3.05, 3.63) is 59.7 Å². The first-order valence-corrected chi connectivity index (χ1v) is 7.34. The number of nitrogens with one attached hydrogen (secondary N) is 1. The zero-order chi connectivity index (χ0) is 16.6. The summed E-state index contributed by atoms with van der Waals surface area (Å²) < 4.78 is 6.06. The average molecular weight is 314 g/mol. The van der Waals surface area contributed by atoms with Crippen molar-refractivity contribution in [2.24, 2.45) is 0 Å². The number of hydrogen-bond donors (Lipinski definition) is 2. The van der Waals surface area contributed by atoms with Crippen molar-refractivity contribution in [2.75, 3.05) is 21.1 Å². The van der Waals surface area contributed by atoms with Gasteiger partial charge in [0.1, 0.15) is 17.5 Å². The van der Waals surface area contributed by atoms with Gasteiger partial charge in [0.25, 0.3) is 0 Å². The normalized spacial score (nSPS) is 13.6. The number of fused-ring (bicyclic) bond motifs is 2. The van der Waals surface area contributed by atoms with E-state index in [0.717, 1.165) is 16.2 Å². The van der Waals surface area contributed by atoms with Crippen LogP contribution in [0.25, 0.3) is 0 Å². The van der Waals surface area contributed by atoms with Gasteiger partial charge in [-0.15, -0.1) is 0 Å². The van der Waals surface area contributed by atoms with E-state index < -0.39 is 12.1 Å². The fourth-order valence-electron chi connectivity index (χ4n) is 2.60. The highest BCUT2D eigenvalue weighted by Gasteiger charge is 2.35. The van der Waals surface area contributed by atoms with Gasteiger partial charge in [-0.1, -0.05) is 36.4 Å². The van der Waals surface area contributed by atoms with E-state index >= 15 is 0 Å². The van der Waals surface area contributed by atoms with E-state index in [1.165, 1.54) is 0 Å². The Labute approximate surface area is 135 Å². The van der Waals surface area contributed by atoms with Crippen LogP contribution in [0.2, 0.25) is 0 Å². The first kappa shape index (κ1) is 15.3. The Kier molecular flexibility index (Phi) is 3.71. The average Bonchev–Trinajstić information content (AvgIpc) is 2.50. The maximum absolute atomic E-state index is 12.4. The van der Waals surface area contributed by atoms with Gasteiger partial charge in [-0.2, -0.15) is 10.5 Å². The molecule has 2 aromatic carbocycles. The zero-order valence-electron chi connectivity index (χ0n) is 13.4. The van der Waals surface area contributed by atoms with Crippen molar-refractivity contribution in [1.29, 1.82) is 0 Å². The zero-order valence-corrected chi connectivity index (χ0v) is 13.4. The third-order valence-corrected chi connectivity index (χ3v) is 3.53. The van der Waals surface area contributed by atoms with Gasteiger partial charge in [0.2, 0.25) is 0 Å². The Morgan fingerprint density at radius 1 is 1.04 bits per heavy atom. The second kappa shape index (κ2) is 5.57. The summed E-state index contributed by atoms with van der Waals surface area (Å²) in [5.74, 6) is 1.27. The summed E-state index contributed by atoms with van der Waals surface area (Å²) in [5, 5.41) is 11.3. The highest BCUT2D eigenvalue weighted by atomic mass is 16.5. The van der Waals surface area contributed by atoms with E-state index in [0.29, 0.717) is 11.5 Å². The van der Waals surface area contributed by atoms with Gasteiger partial charge in [0, 0.05) is 11.1 Å². The van der Waals surface area contributed by atoms with Crippen LogP contribution in [0.5, 0.6) is 11.5 Å². The minimum Gasteiger partial charge on any atom is -0.457 e. The number of hydroxylamine groups is 2. The molecule has 2 aromatic rings. The predicted octanol–water partition coefficient (Wildman–Crippen LogP) is 2.90. The molecule has 1 aliphatic rings. The van der Waals surface area contributed by atoms with Crippen LogP contribution in [-0.2, 0) is 0 Å². The van der Waals surface area contributed by atoms with Crippen LogP contribution in [0, 0.1) is 0 Å². The van der Waals surface area contributed by atoms with Gasteiger partial charge >= 0.3 is 6.03 Å². The highest BCUT2D eigenvalue weighted by molar-refractivity contribution is 5.73. The number of ether oxygens (including phenoxy) is 1. The number of nitrogens with zero attached hydrogens (tertiary/aromatic N) is 2. The van der Waals surface area contributed by atoms with Gasteiger partial charge < -0.3 is 4.74 Å². The third kappa shape index (κ3) is 2.99. The van der Waals surface area contributed by atoms with Crippen LogP contribution < -0.4 is 10.2 Å². The Morgan fingerprint density at radius 3 is 2.00 bits per heavy atom. The number of para-hydroxylation sites is 2. The summed E-state index contributed by atoms with van der Waals surface area (Å²) in [5.41, 5.74) is 4.19. The lowest BCUT2D eigenvalue weighted by atomic mass is 9.94. The smallest absolute Gasteiger partial charge is 0.386 e. The first-order chi connectivity index (χ1) is 10.9. The van der Waals surface area contributed by atoms with Crippen LogP contribution in [0.1, 0.15) is 17.2 Å². The Bertz CT molecular complexity index is 694. The van der Waals surface area contributed by atoms with Crippen molar-refractivity contribution in [3.63, 3.8) is 0 Å². The molecule has 0 atom stereocenters. The molecule has 0 saturated carbocycles. The minimum absolute atomic E-state index is 0.197. The SMILES string of the molecule is C[N+](C)(C)NC(=O)N(O)C1c2ccccc2Oc2ccccc21. The van der Waals surface area contributed by atoms with Crippen LogP contribution in [0.4, 0.5) is 4.79 Å². The van der Waals surface area contributed by atoms with Crippen molar-refractivity contribution < 1.29 is 19.3 Å². The molecule has 0 bridgehead atoms. The Morgan fingerprint density at radius 2 is 1.52 bits per heavy atom. The Balaban J connectivity index is 2.03. The molecular formula is C17H20N3O3+. The molecule has 0 saturated heterocycles. The molecule has 120 valence electrons. The largest absolute Gasteiger partial charge is 0.457 e. The van der Waals surface area contributed by atoms with E-state index in [1.807, 2.05) is 48.5 Å². The van der Waals surface area contributed by atoms with Crippen molar-refractivity contribution in [2.45, 2.75) is 6.04 Å². The van der Waals surface area contributed by atoms with Crippen molar-refractivity contribution in [1.82, 2.24) is 10.5 Å². The molecule has 1 aliphatic heterocycles. The van der Waals surface area contributed by atoms with Crippen molar-refractivity contribution in [3.8, 4) is 11.5 Å². The van der Waals surface area contributed by atoms with Gasteiger partial charge in [-0.3, -0.25) is 5.21 Å². The second-order valence-corrected chi connectivity index (χ2v) is 6.35. The number of amides is 2. The maximum Gasteiger partial charge on any atom is 0.386 e. The summed E-state index contributed by atoms with van der Waals surface area (Å²) in [6.45, 7) is 0. The molecule has 0 unspecified atom stereocenters. The lowest BCUT2D eigenvalue weighted by Crippen LogP contribution is -2.55. The van der Waals surface area contributed by atoms with Crippen LogP contribution >= 0.6 is 0 Å². The number of carbonyl (C=O) groups is 1. The summed E-state index contributed by atoms with van der Waals surface area (Å²) in [4.78, 5) is 12.4. The van der Waals surface area contributed by atoms with Crippen LogP contribution in [-0.4, -0.2) is 42.0 Å². The van der Waals surface area contributed by atoms with Gasteiger partial charge in [0.15, 0.2) is 0 Å². The summed E-state index contributed by atoms with van der Waals surface area (Å²) in [6.07, 6.45) is 0. The van der Waals surface area contributed by atoms with E-state index in [4.69, 9.17) is 4.74 Å². The lowest BCUT2D eigenvalue weighted by molar-refractivity contribution is -0.906. The molecule has 6 heteroatoms. The van der Waals surface area contributed by atoms with Gasteiger partial charge in [-0.25, -0.2) is 9.39 Å². The molecular weight excluding hydrogens is 294 g/mol. The molecule has 0 radical (unpaired) electrons.